The average Bonchev–Trinajstić information content (AvgIpc) is 2.90. The predicted octanol–water partition coefficient (Wildman–Crippen LogP) is 6.56. The van der Waals surface area contributed by atoms with Crippen LogP contribution in [0.5, 0.6) is 11.5 Å². The number of benzene rings is 4. The average molecular weight is 519 g/mol. The molecule has 180 valence electrons. The second kappa shape index (κ2) is 12.0. The van der Waals surface area contributed by atoms with Gasteiger partial charge in [-0.05, 0) is 83.9 Å². The first kappa shape index (κ1) is 25.0. The Morgan fingerprint density at radius 2 is 1.47 bits per heavy atom. The molecule has 0 aromatic heterocycles. The zero-order valence-electron chi connectivity index (χ0n) is 18.9. The quantitative estimate of drug-likeness (QED) is 0.124. The molecule has 8 heteroatoms. The van der Waals surface area contributed by atoms with Crippen LogP contribution in [-0.4, -0.2) is 18.1 Å². The molecule has 0 radical (unpaired) electrons. The Balaban J connectivity index is 1.26. The highest BCUT2D eigenvalue weighted by atomic mass is 35.5. The number of ether oxygens (including phenoxy) is 2. The molecule has 4 aromatic rings. The van der Waals surface area contributed by atoms with Gasteiger partial charge in [0.15, 0.2) is 0 Å². The van der Waals surface area contributed by atoms with Crippen molar-refractivity contribution in [2.75, 3.05) is 0 Å². The molecule has 0 bridgehead atoms. The van der Waals surface area contributed by atoms with E-state index in [9.17, 15) is 9.59 Å². The lowest BCUT2D eigenvalue weighted by Gasteiger charge is -2.07. The molecule has 1 N–H and O–H groups in total. The molecule has 36 heavy (non-hydrogen) atoms. The third kappa shape index (κ3) is 6.95. The normalized spacial score (nSPS) is 10.7. The number of hydrogen-bond donors (Lipinski definition) is 1. The fraction of sp³-hybridized carbons (Fsp3) is 0.0357. The summed E-state index contributed by atoms with van der Waals surface area (Å²) in [5.74, 6) is 0.0938. The molecule has 4 rings (SSSR count). The number of nitrogens with zero attached hydrogens (tertiary/aromatic N) is 1. The van der Waals surface area contributed by atoms with Gasteiger partial charge in [0.25, 0.3) is 5.91 Å². The van der Waals surface area contributed by atoms with Crippen LogP contribution in [0.4, 0.5) is 0 Å². The molecule has 0 unspecified atom stereocenters. The van der Waals surface area contributed by atoms with Gasteiger partial charge in [0.05, 0.1) is 16.8 Å². The van der Waals surface area contributed by atoms with E-state index in [1.807, 2.05) is 12.1 Å². The van der Waals surface area contributed by atoms with Crippen molar-refractivity contribution < 1.29 is 19.1 Å². The molecule has 0 fully saturated rings. The highest BCUT2D eigenvalue weighted by Crippen LogP contribution is 2.19. The second-order valence-corrected chi connectivity index (χ2v) is 8.42. The SMILES string of the molecule is O=C(N/N=C\c1ccc(OC(=O)c2ccccc2Cl)cc1)c1ccc(OCc2ccc(Cl)cc2)cc1. The van der Waals surface area contributed by atoms with Crippen LogP contribution in [0.2, 0.25) is 10.0 Å². The van der Waals surface area contributed by atoms with Crippen molar-refractivity contribution in [1.29, 1.82) is 0 Å². The Labute approximate surface area is 218 Å². The van der Waals surface area contributed by atoms with E-state index in [0.717, 1.165) is 5.56 Å². The van der Waals surface area contributed by atoms with E-state index in [1.54, 1.807) is 84.9 Å². The number of rotatable bonds is 8. The van der Waals surface area contributed by atoms with Gasteiger partial charge in [-0.2, -0.15) is 5.10 Å². The maximum absolute atomic E-state index is 12.3. The van der Waals surface area contributed by atoms with Gasteiger partial charge in [-0.1, -0.05) is 47.5 Å². The lowest BCUT2D eigenvalue weighted by Crippen LogP contribution is -2.17. The van der Waals surface area contributed by atoms with Crippen molar-refractivity contribution in [2.45, 2.75) is 6.61 Å². The first-order valence-corrected chi connectivity index (χ1v) is 11.6. The number of esters is 1. The molecule has 0 spiro atoms. The van der Waals surface area contributed by atoms with Crippen molar-refractivity contribution in [3.8, 4) is 11.5 Å². The first-order chi connectivity index (χ1) is 17.5. The minimum absolute atomic E-state index is 0.286. The molecule has 0 saturated carbocycles. The van der Waals surface area contributed by atoms with Gasteiger partial charge in [-0.15, -0.1) is 0 Å². The monoisotopic (exact) mass is 518 g/mol. The van der Waals surface area contributed by atoms with Gasteiger partial charge < -0.3 is 9.47 Å². The lowest BCUT2D eigenvalue weighted by atomic mass is 10.2. The Bertz CT molecular complexity index is 1370. The van der Waals surface area contributed by atoms with Crippen molar-refractivity contribution in [3.05, 3.63) is 129 Å². The zero-order chi connectivity index (χ0) is 25.3. The number of carbonyl (C=O) groups is 2. The molecular formula is C28H20Cl2N2O4. The minimum atomic E-state index is -0.546. The van der Waals surface area contributed by atoms with Gasteiger partial charge in [0, 0.05) is 10.6 Å². The lowest BCUT2D eigenvalue weighted by molar-refractivity contribution is 0.0734. The molecular weight excluding hydrogens is 499 g/mol. The van der Waals surface area contributed by atoms with Crippen LogP contribution < -0.4 is 14.9 Å². The summed E-state index contributed by atoms with van der Waals surface area (Å²) < 4.78 is 11.1. The maximum Gasteiger partial charge on any atom is 0.345 e. The van der Waals surface area contributed by atoms with Crippen LogP contribution in [0.15, 0.2) is 102 Å². The zero-order valence-corrected chi connectivity index (χ0v) is 20.4. The fourth-order valence-corrected chi connectivity index (χ4v) is 3.43. The minimum Gasteiger partial charge on any atom is -0.489 e. The van der Waals surface area contributed by atoms with Crippen molar-refractivity contribution >= 4 is 41.3 Å². The summed E-state index contributed by atoms with van der Waals surface area (Å²) in [6.45, 7) is 0.394. The summed E-state index contributed by atoms with van der Waals surface area (Å²) in [6, 6.07) is 27.5. The van der Waals surface area contributed by atoms with Gasteiger partial charge in [0.1, 0.15) is 18.1 Å². The number of hydrazone groups is 1. The summed E-state index contributed by atoms with van der Waals surface area (Å²) in [4.78, 5) is 24.6. The summed E-state index contributed by atoms with van der Waals surface area (Å²) >= 11 is 11.9. The molecule has 4 aromatic carbocycles. The molecule has 0 saturated heterocycles. The number of nitrogens with one attached hydrogen (secondary N) is 1. The highest BCUT2D eigenvalue weighted by molar-refractivity contribution is 6.33. The largest absolute Gasteiger partial charge is 0.489 e. The Morgan fingerprint density at radius 3 is 2.17 bits per heavy atom. The van der Waals surface area contributed by atoms with Crippen molar-refractivity contribution in [3.63, 3.8) is 0 Å². The topological polar surface area (TPSA) is 77.0 Å². The molecule has 0 aliphatic rings. The van der Waals surface area contributed by atoms with Crippen LogP contribution in [0.3, 0.4) is 0 Å². The molecule has 6 nitrogen and oxygen atoms in total. The van der Waals surface area contributed by atoms with Crippen LogP contribution in [0.25, 0.3) is 0 Å². The first-order valence-electron chi connectivity index (χ1n) is 10.9. The highest BCUT2D eigenvalue weighted by Gasteiger charge is 2.12. The van der Waals surface area contributed by atoms with E-state index in [0.29, 0.717) is 39.3 Å². The van der Waals surface area contributed by atoms with Crippen molar-refractivity contribution in [2.24, 2.45) is 5.10 Å². The predicted molar refractivity (Wildman–Crippen MR) is 140 cm³/mol. The van der Waals surface area contributed by atoms with Gasteiger partial charge in [-0.3, -0.25) is 4.79 Å². The number of halogens is 2. The van der Waals surface area contributed by atoms with Gasteiger partial charge >= 0.3 is 5.97 Å². The third-order valence-corrected chi connectivity index (χ3v) is 5.58. The summed E-state index contributed by atoms with van der Waals surface area (Å²) in [5.41, 5.74) is 4.90. The fourth-order valence-electron chi connectivity index (χ4n) is 3.09. The van der Waals surface area contributed by atoms with Gasteiger partial charge in [0.2, 0.25) is 0 Å². The summed E-state index contributed by atoms with van der Waals surface area (Å²) in [6.07, 6.45) is 1.49. The summed E-state index contributed by atoms with van der Waals surface area (Å²) in [7, 11) is 0. The van der Waals surface area contributed by atoms with E-state index in [4.69, 9.17) is 32.7 Å². The van der Waals surface area contributed by atoms with Crippen LogP contribution in [0, 0.1) is 0 Å². The van der Waals surface area contributed by atoms with Gasteiger partial charge in [-0.25, -0.2) is 10.2 Å². The maximum atomic E-state index is 12.3. The molecule has 0 aliphatic heterocycles. The molecule has 0 atom stereocenters. The smallest absolute Gasteiger partial charge is 0.345 e. The molecule has 1 amide bonds. The van der Waals surface area contributed by atoms with E-state index in [-0.39, 0.29) is 11.5 Å². The molecule has 0 heterocycles. The Hall–Kier alpha value is -4.13. The van der Waals surface area contributed by atoms with E-state index in [1.165, 1.54) is 6.21 Å². The molecule has 0 aliphatic carbocycles. The van der Waals surface area contributed by atoms with E-state index >= 15 is 0 Å². The van der Waals surface area contributed by atoms with Crippen LogP contribution in [0.1, 0.15) is 31.8 Å². The standard InChI is InChI=1S/C28H20Cl2N2O4/c29-22-11-5-20(6-12-22)18-35-23-15-9-21(10-16-23)27(33)32-31-17-19-7-13-24(14-8-19)36-28(34)25-3-1-2-4-26(25)30/h1-17H,18H2,(H,32,33)/b31-17-. The second-order valence-electron chi connectivity index (χ2n) is 7.58. The number of hydrogen-bond acceptors (Lipinski definition) is 5. The van der Waals surface area contributed by atoms with Crippen molar-refractivity contribution in [1.82, 2.24) is 5.43 Å². The third-order valence-electron chi connectivity index (χ3n) is 5.00. The number of amides is 1. The summed E-state index contributed by atoms with van der Waals surface area (Å²) in [5, 5.41) is 4.97. The Morgan fingerprint density at radius 1 is 0.806 bits per heavy atom. The number of carbonyl (C=O) groups excluding carboxylic acids is 2. The Kier molecular flexibility index (Phi) is 8.34. The van der Waals surface area contributed by atoms with E-state index in [2.05, 4.69) is 10.5 Å². The van der Waals surface area contributed by atoms with Crippen LogP contribution >= 0.6 is 23.2 Å². The van der Waals surface area contributed by atoms with Crippen LogP contribution in [-0.2, 0) is 6.61 Å². The van der Waals surface area contributed by atoms with E-state index < -0.39 is 5.97 Å².